The van der Waals surface area contributed by atoms with E-state index in [1.54, 1.807) is 0 Å². The van der Waals surface area contributed by atoms with Gasteiger partial charge in [0, 0.05) is 45.5 Å². The summed E-state index contributed by atoms with van der Waals surface area (Å²) >= 11 is 0. The lowest BCUT2D eigenvalue weighted by atomic mass is 10.0. The molecular weight excluding hydrogens is 366 g/mol. The lowest BCUT2D eigenvalue weighted by Gasteiger charge is -2.31. The first-order chi connectivity index (χ1) is 13.9. The lowest BCUT2D eigenvalue weighted by Crippen LogP contribution is -2.33. The predicted octanol–water partition coefficient (Wildman–Crippen LogP) is 3.84. The van der Waals surface area contributed by atoms with E-state index in [2.05, 4.69) is 5.32 Å². The number of anilines is 2. The van der Waals surface area contributed by atoms with Gasteiger partial charge in [-0.25, -0.2) is 0 Å². The molecule has 0 saturated carbocycles. The minimum Gasteiger partial charge on any atom is -0.377 e. The molecule has 29 heavy (non-hydrogen) atoms. The molecule has 6 heteroatoms. The number of hydrogen-bond acceptors (Lipinski definition) is 4. The Balaban J connectivity index is 2.37. The summed E-state index contributed by atoms with van der Waals surface area (Å²) in [5.41, 5.74) is 3.74. The van der Waals surface area contributed by atoms with E-state index >= 15 is 0 Å². The molecule has 2 amide bonds. The van der Waals surface area contributed by atoms with Gasteiger partial charge in [-0.1, -0.05) is 37.3 Å². The molecule has 0 fully saturated rings. The highest BCUT2D eigenvalue weighted by molar-refractivity contribution is 5.92. The summed E-state index contributed by atoms with van der Waals surface area (Å²) in [7, 11) is 5.42. The number of nitrogens with zero attached hydrogens (tertiary/aromatic N) is 2. The van der Waals surface area contributed by atoms with Crippen molar-refractivity contribution in [3.63, 3.8) is 0 Å². The molecule has 0 aliphatic rings. The Kier molecular flexibility index (Phi) is 8.21. The highest BCUT2D eigenvalue weighted by atomic mass is 16.5. The number of carbonyl (C=O) groups is 2. The van der Waals surface area contributed by atoms with Crippen LogP contribution in [0.5, 0.6) is 0 Å². The van der Waals surface area contributed by atoms with Crippen molar-refractivity contribution in [1.29, 1.82) is 0 Å². The molecule has 2 rings (SSSR count). The van der Waals surface area contributed by atoms with Crippen molar-refractivity contribution < 1.29 is 14.3 Å². The predicted molar refractivity (Wildman–Crippen MR) is 117 cm³/mol. The van der Waals surface area contributed by atoms with Gasteiger partial charge in [-0.15, -0.1) is 0 Å². The first kappa shape index (κ1) is 22.4. The molecule has 0 radical (unpaired) electrons. The van der Waals surface area contributed by atoms with Crippen LogP contribution in [-0.2, 0) is 20.9 Å². The molecule has 2 aromatic carbocycles. The third kappa shape index (κ3) is 6.06. The van der Waals surface area contributed by atoms with Crippen LogP contribution in [0.25, 0.3) is 0 Å². The van der Waals surface area contributed by atoms with Crippen LogP contribution >= 0.6 is 0 Å². The first-order valence-corrected chi connectivity index (χ1v) is 9.80. The molecular formula is C23H31N3O3. The van der Waals surface area contributed by atoms with E-state index in [0.29, 0.717) is 18.7 Å². The Bertz CT molecular complexity index is 821. The molecule has 2 aromatic rings. The second-order valence-corrected chi connectivity index (χ2v) is 7.18. The normalized spacial score (nSPS) is 11.6. The molecule has 0 bridgehead atoms. The van der Waals surface area contributed by atoms with E-state index in [4.69, 9.17) is 4.74 Å². The number of carbonyl (C=O) groups excluding carboxylic acids is 2. The molecule has 156 valence electrons. The number of ether oxygens (including phenoxy) is 1. The minimum absolute atomic E-state index is 0.00372. The highest BCUT2D eigenvalue weighted by Crippen LogP contribution is 2.29. The molecule has 6 nitrogen and oxygen atoms in total. The Morgan fingerprint density at radius 2 is 1.79 bits per heavy atom. The molecule has 1 unspecified atom stereocenters. The van der Waals surface area contributed by atoms with Crippen molar-refractivity contribution in [2.75, 3.05) is 38.0 Å². The number of nitrogens with one attached hydrogen (secondary N) is 1. The highest BCUT2D eigenvalue weighted by Gasteiger charge is 2.22. The Hall–Kier alpha value is -2.86. The molecule has 0 saturated heterocycles. The van der Waals surface area contributed by atoms with Crippen LogP contribution in [0.3, 0.4) is 0 Å². The summed E-state index contributed by atoms with van der Waals surface area (Å²) in [5, 5.41) is 2.84. The van der Waals surface area contributed by atoms with Crippen molar-refractivity contribution >= 4 is 23.2 Å². The van der Waals surface area contributed by atoms with Crippen LogP contribution in [0.4, 0.5) is 11.4 Å². The van der Waals surface area contributed by atoms with Crippen molar-refractivity contribution in [1.82, 2.24) is 4.90 Å². The molecule has 0 aromatic heterocycles. The summed E-state index contributed by atoms with van der Waals surface area (Å²) in [6, 6.07) is 15.7. The van der Waals surface area contributed by atoms with Crippen LogP contribution in [0.15, 0.2) is 48.5 Å². The summed E-state index contributed by atoms with van der Waals surface area (Å²) in [6.07, 6.45) is 0.429. The topological polar surface area (TPSA) is 61.9 Å². The average Bonchev–Trinajstić information content (AvgIpc) is 2.71. The van der Waals surface area contributed by atoms with E-state index in [1.165, 1.54) is 7.11 Å². The summed E-state index contributed by atoms with van der Waals surface area (Å²) < 4.78 is 4.89. The van der Waals surface area contributed by atoms with Gasteiger partial charge in [0.2, 0.25) is 11.8 Å². The maximum absolute atomic E-state index is 12.8. The summed E-state index contributed by atoms with van der Waals surface area (Å²) in [4.78, 5) is 28.6. The van der Waals surface area contributed by atoms with Gasteiger partial charge in [0.25, 0.3) is 0 Å². The van der Waals surface area contributed by atoms with Gasteiger partial charge in [0.15, 0.2) is 0 Å². The maximum atomic E-state index is 12.8. The van der Waals surface area contributed by atoms with Crippen molar-refractivity contribution in [3.8, 4) is 0 Å². The van der Waals surface area contributed by atoms with Gasteiger partial charge in [-0.05, 0) is 36.2 Å². The van der Waals surface area contributed by atoms with E-state index < -0.39 is 0 Å². The van der Waals surface area contributed by atoms with Crippen molar-refractivity contribution in [2.45, 2.75) is 32.9 Å². The minimum atomic E-state index is -0.213. The monoisotopic (exact) mass is 397 g/mol. The second-order valence-electron chi connectivity index (χ2n) is 7.18. The Labute approximate surface area is 173 Å². The van der Waals surface area contributed by atoms with E-state index in [9.17, 15) is 9.59 Å². The van der Waals surface area contributed by atoms with Crippen LogP contribution in [-0.4, -0.2) is 44.5 Å². The summed E-state index contributed by atoms with van der Waals surface area (Å²) in [5.74, 6) is -0.130. The average molecular weight is 398 g/mol. The van der Waals surface area contributed by atoms with Gasteiger partial charge in [0.05, 0.1) is 6.04 Å². The van der Waals surface area contributed by atoms with Crippen LogP contribution in [0.2, 0.25) is 0 Å². The largest absolute Gasteiger partial charge is 0.377 e. The molecule has 0 spiro atoms. The first-order valence-electron chi connectivity index (χ1n) is 9.80. The molecule has 1 atom stereocenters. The number of hydrogen-bond donors (Lipinski definition) is 1. The molecule has 0 aliphatic carbocycles. The van der Waals surface area contributed by atoms with Gasteiger partial charge < -0.3 is 19.9 Å². The fourth-order valence-corrected chi connectivity index (χ4v) is 3.29. The van der Waals surface area contributed by atoms with E-state index in [0.717, 1.165) is 16.8 Å². The zero-order valence-electron chi connectivity index (χ0n) is 17.9. The second kappa shape index (κ2) is 10.6. The van der Waals surface area contributed by atoms with Crippen molar-refractivity contribution in [2.24, 2.45) is 0 Å². The van der Waals surface area contributed by atoms with Gasteiger partial charge in [-0.3, -0.25) is 9.59 Å². The Morgan fingerprint density at radius 1 is 1.10 bits per heavy atom. The van der Waals surface area contributed by atoms with Crippen LogP contribution in [0, 0.1) is 0 Å². The number of rotatable bonds is 9. The third-order valence-corrected chi connectivity index (χ3v) is 4.83. The molecule has 0 aliphatic heterocycles. The third-order valence-electron chi connectivity index (χ3n) is 4.83. The number of benzene rings is 2. The Morgan fingerprint density at radius 3 is 2.38 bits per heavy atom. The van der Waals surface area contributed by atoms with Crippen LogP contribution < -0.4 is 10.2 Å². The lowest BCUT2D eigenvalue weighted by molar-refractivity contribution is -0.133. The fraction of sp³-hybridized carbons (Fsp3) is 0.391. The SMILES string of the molecule is CCC(=O)N(Cc1cc(NC(=O)COC)ccc1N(C)C)C(C)c1ccccc1. The quantitative estimate of drug-likeness (QED) is 0.698. The number of methoxy groups -OCH3 is 1. The summed E-state index contributed by atoms with van der Waals surface area (Å²) in [6.45, 7) is 4.37. The zero-order chi connectivity index (χ0) is 21.4. The standard InChI is InChI=1S/C23H31N3O3/c1-6-23(28)26(17(2)18-10-8-7-9-11-18)15-19-14-20(24-22(27)16-29-5)12-13-21(19)25(3)4/h7-14,17H,6,15-16H2,1-5H3,(H,24,27). The zero-order valence-corrected chi connectivity index (χ0v) is 17.9. The van der Waals surface area contributed by atoms with Gasteiger partial charge >= 0.3 is 0 Å². The fourth-order valence-electron chi connectivity index (χ4n) is 3.29. The molecule has 1 N–H and O–H groups in total. The molecule has 0 heterocycles. The van der Waals surface area contributed by atoms with Crippen LogP contribution in [0.1, 0.15) is 37.4 Å². The van der Waals surface area contributed by atoms with E-state index in [-0.39, 0.29) is 24.5 Å². The van der Waals surface area contributed by atoms with E-state index in [1.807, 2.05) is 86.3 Å². The van der Waals surface area contributed by atoms with Gasteiger partial charge in [0.1, 0.15) is 6.61 Å². The maximum Gasteiger partial charge on any atom is 0.250 e. The smallest absolute Gasteiger partial charge is 0.250 e. The van der Waals surface area contributed by atoms with Gasteiger partial charge in [-0.2, -0.15) is 0 Å². The number of amides is 2. The van der Waals surface area contributed by atoms with Crippen molar-refractivity contribution in [3.05, 3.63) is 59.7 Å².